The van der Waals surface area contributed by atoms with Crippen molar-refractivity contribution in [3.05, 3.63) is 59.7 Å². The van der Waals surface area contributed by atoms with E-state index in [1.807, 2.05) is 4.90 Å². The normalized spacial score (nSPS) is 16.2. The van der Waals surface area contributed by atoms with Gasteiger partial charge in [-0.1, -0.05) is 6.07 Å². The number of hydrogen-bond acceptors (Lipinski definition) is 5. The van der Waals surface area contributed by atoms with Crippen LogP contribution in [0.25, 0.3) is 11.1 Å². The highest BCUT2D eigenvalue weighted by Gasteiger charge is 2.30. The number of carbonyl (C=O) groups excluding carboxylic acids is 1. The molecule has 0 bridgehead atoms. The molecule has 1 aromatic heterocycles. The molecule has 0 radical (unpaired) electrons. The van der Waals surface area contributed by atoms with Crippen LogP contribution >= 0.6 is 0 Å². The summed E-state index contributed by atoms with van der Waals surface area (Å²) in [7, 11) is 0. The van der Waals surface area contributed by atoms with Crippen molar-refractivity contribution in [2.75, 3.05) is 38.0 Å². The summed E-state index contributed by atoms with van der Waals surface area (Å²) in [5.74, 6) is -0.242. The third kappa shape index (κ3) is 5.63. The SMILES string of the molecule is O=C(CN1CCCN(Cc2nc3ccc(F)cc3o2)CC1)Nc1cccc(C(F)(F)F)c1. The number of alkyl halides is 3. The maximum Gasteiger partial charge on any atom is 0.416 e. The summed E-state index contributed by atoms with van der Waals surface area (Å²) in [4.78, 5) is 20.8. The van der Waals surface area contributed by atoms with Crippen molar-refractivity contribution in [2.24, 2.45) is 0 Å². The molecule has 2 heterocycles. The van der Waals surface area contributed by atoms with E-state index in [2.05, 4.69) is 15.2 Å². The monoisotopic (exact) mass is 450 g/mol. The van der Waals surface area contributed by atoms with Crippen LogP contribution in [0.4, 0.5) is 23.2 Å². The number of nitrogens with one attached hydrogen (secondary N) is 1. The first-order valence-corrected chi connectivity index (χ1v) is 10.2. The Hall–Kier alpha value is -2.98. The van der Waals surface area contributed by atoms with E-state index in [0.29, 0.717) is 43.2 Å². The summed E-state index contributed by atoms with van der Waals surface area (Å²) in [5.41, 5.74) is 0.322. The number of aromatic nitrogens is 1. The molecular weight excluding hydrogens is 428 g/mol. The van der Waals surface area contributed by atoms with Gasteiger partial charge in [0.1, 0.15) is 11.3 Å². The highest BCUT2D eigenvalue weighted by Crippen LogP contribution is 2.30. The molecule has 10 heteroatoms. The Bertz CT molecular complexity index is 1100. The fourth-order valence-electron chi connectivity index (χ4n) is 3.72. The van der Waals surface area contributed by atoms with E-state index < -0.39 is 11.7 Å². The van der Waals surface area contributed by atoms with Gasteiger partial charge in [-0.25, -0.2) is 9.37 Å². The summed E-state index contributed by atoms with van der Waals surface area (Å²) in [6, 6.07) is 8.81. The molecule has 1 aliphatic rings. The van der Waals surface area contributed by atoms with Crippen molar-refractivity contribution < 1.29 is 26.8 Å². The quantitative estimate of drug-likeness (QED) is 0.593. The van der Waals surface area contributed by atoms with E-state index in [9.17, 15) is 22.4 Å². The van der Waals surface area contributed by atoms with Crippen LogP contribution < -0.4 is 5.32 Å². The highest BCUT2D eigenvalue weighted by atomic mass is 19.4. The van der Waals surface area contributed by atoms with Crippen molar-refractivity contribution in [2.45, 2.75) is 19.1 Å². The summed E-state index contributed by atoms with van der Waals surface area (Å²) < 4.78 is 57.5. The average molecular weight is 450 g/mol. The number of rotatable bonds is 5. The molecular formula is C22H22F4N4O2. The van der Waals surface area contributed by atoms with E-state index in [0.717, 1.165) is 25.1 Å². The zero-order valence-electron chi connectivity index (χ0n) is 17.2. The third-order valence-electron chi connectivity index (χ3n) is 5.28. The molecule has 0 aliphatic carbocycles. The molecule has 0 unspecified atom stereocenters. The maximum atomic E-state index is 13.3. The van der Waals surface area contributed by atoms with Crippen molar-refractivity contribution in [1.82, 2.24) is 14.8 Å². The lowest BCUT2D eigenvalue weighted by atomic mass is 10.2. The van der Waals surface area contributed by atoms with E-state index in [-0.39, 0.29) is 24.0 Å². The largest absolute Gasteiger partial charge is 0.439 e. The van der Waals surface area contributed by atoms with Gasteiger partial charge in [0.25, 0.3) is 0 Å². The van der Waals surface area contributed by atoms with Gasteiger partial charge in [-0.3, -0.25) is 14.6 Å². The summed E-state index contributed by atoms with van der Waals surface area (Å²) in [6.07, 6.45) is -3.65. The van der Waals surface area contributed by atoms with Gasteiger partial charge in [0.05, 0.1) is 18.7 Å². The fourth-order valence-corrected chi connectivity index (χ4v) is 3.72. The van der Waals surface area contributed by atoms with Crippen molar-refractivity contribution in [3.63, 3.8) is 0 Å². The van der Waals surface area contributed by atoms with Gasteiger partial charge in [0.2, 0.25) is 11.8 Å². The van der Waals surface area contributed by atoms with Crippen LogP contribution in [0, 0.1) is 5.82 Å². The molecule has 4 rings (SSSR count). The number of nitrogens with zero attached hydrogens (tertiary/aromatic N) is 3. The number of amides is 1. The zero-order chi connectivity index (χ0) is 22.7. The fraction of sp³-hybridized carbons (Fsp3) is 0.364. The van der Waals surface area contributed by atoms with Crippen LogP contribution in [-0.2, 0) is 17.5 Å². The second-order valence-electron chi connectivity index (χ2n) is 7.75. The van der Waals surface area contributed by atoms with Gasteiger partial charge in [0, 0.05) is 24.8 Å². The zero-order valence-corrected chi connectivity index (χ0v) is 17.2. The Morgan fingerprint density at radius 3 is 2.66 bits per heavy atom. The van der Waals surface area contributed by atoms with Crippen molar-refractivity contribution >= 4 is 22.7 Å². The molecule has 1 N–H and O–H groups in total. The molecule has 170 valence electrons. The number of fused-ring (bicyclic) bond motifs is 1. The van der Waals surface area contributed by atoms with Crippen LogP contribution in [0.15, 0.2) is 46.9 Å². The smallest absolute Gasteiger partial charge is 0.416 e. The van der Waals surface area contributed by atoms with E-state index in [1.54, 1.807) is 6.07 Å². The lowest BCUT2D eigenvalue weighted by Crippen LogP contribution is -2.36. The van der Waals surface area contributed by atoms with Gasteiger partial charge in [-0.2, -0.15) is 13.2 Å². The molecule has 1 aliphatic heterocycles. The second-order valence-corrected chi connectivity index (χ2v) is 7.75. The molecule has 1 saturated heterocycles. The number of anilines is 1. The van der Waals surface area contributed by atoms with E-state index in [1.165, 1.54) is 24.3 Å². The predicted octanol–water partition coefficient (Wildman–Crippen LogP) is 4.13. The highest BCUT2D eigenvalue weighted by molar-refractivity contribution is 5.92. The first-order valence-electron chi connectivity index (χ1n) is 10.2. The molecule has 0 saturated carbocycles. The van der Waals surface area contributed by atoms with Gasteiger partial charge in [-0.05, 0) is 49.8 Å². The van der Waals surface area contributed by atoms with Crippen LogP contribution in [-0.4, -0.2) is 53.4 Å². The standard InChI is InChI=1S/C22H22F4N4O2/c23-16-5-6-18-19(12-16)32-21(28-18)14-30-8-2-7-29(9-10-30)13-20(31)27-17-4-1-3-15(11-17)22(24,25)26/h1,3-6,11-12H,2,7-10,13-14H2,(H,27,31). The molecule has 6 nitrogen and oxygen atoms in total. The van der Waals surface area contributed by atoms with E-state index >= 15 is 0 Å². The Kier molecular flexibility index (Phi) is 6.43. The first-order chi connectivity index (χ1) is 15.3. The molecule has 1 fully saturated rings. The van der Waals surface area contributed by atoms with E-state index in [4.69, 9.17) is 4.42 Å². The van der Waals surface area contributed by atoms with Crippen LogP contribution in [0.5, 0.6) is 0 Å². The molecule has 32 heavy (non-hydrogen) atoms. The Morgan fingerprint density at radius 2 is 1.84 bits per heavy atom. The second kappa shape index (κ2) is 9.25. The minimum absolute atomic E-state index is 0.0895. The van der Waals surface area contributed by atoms with Crippen LogP contribution in [0.1, 0.15) is 17.9 Å². The van der Waals surface area contributed by atoms with Crippen molar-refractivity contribution in [3.8, 4) is 0 Å². The van der Waals surface area contributed by atoms with Gasteiger partial charge < -0.3 is 9.73 Å². The Balaban J connectivity index is 1.29. The summed E-state index contributed by atoms with van der Waals surface area (Å²) in [5, 5.41) is 2.54. The molecule has 2 aromatic carbocycles. The number of hydrogen-bond donors (Lipinski definition) is 1. The number of benzene rings is 2. The van der Waals surface area contributed by atoms with Gasteiger partial charge >= 0.3 is 6.18 Å². The van der Waals surface area contributed by atoms with Crippen LogP contribution in [0.2, 0.25) is 0 Å². The Labute approximate surface area is 181 Å². The summed E-state index contributed by atoms with van der Waals surface area (Å²) >= 11 is 0. The summed E-state index contributed by atoms with van der Waals surface area (Å²) in [6.45, 7) is 3.31. The lowest BCUT2D eigenvalue weighted by molar-refractivity contribution is -0.137. The average Bonchev–Trinajstić information content (AvgIpc) is 2.99. The molecule has 1 amide bonds. The van der Waals surface area contributed by atoms with Gasteiger partial charge in [0.15, 0.2) is 5.58 Å². The van der Waals surface area contributed by atoms with Gasteiger partial charge in [-0.15, -0.1) is 0 Å². The number of halogens is 4. The minimum atomic E-state index is -4.46. The predicted molar refractivity (Wildman–Crippen MR) is 110 cm³/mol. The molecule has 3 aromatic rings. The van der Waals surface area contributed by atoms with Crippen molar-refractivity contribution in [1.29, 1.82) is 0 Å². The molecule has 0 atom stereocenters. The lowest BCUT2D eigenvalue weighted by Gasteiger charge is -2.20. The maximum absolute atomic E-state index is 13.3. The third-order valence-corrected chi connectivity index (χ3v) is 5.28. The number of oxazole rings is 1. The first kappa shape index (κ1) is 22.2. The minimum Gasteiger partial charge on any atom is -0.439 e. The Morgan fingerprint density at radius 1 is 1.06 bits per heavy atom. The number of carbonyl (C=O) groups is 1. The molecule has 0 spiro atoms. The van der Waals surface area contributed by atoms with Crippen LogP contribution in [0.3, 0.4) is 0 Å². The topological polar surface area (TPSA) is 61.6 Å².